The van der Waals surface area contributed by atoms with Gasteiger partial charge in [0.1, 0.15) is 0 Å². The number of allylic oxidation sites excluding steroid dienone is 3. The highest BCUT2D eigenvalue weighted by molar-refractivity contribution is 5.85. The van der Waals surface area contributed by atoms with Crippen molar-refractivity contribution in [2.24, 2.45) is 19.8 Å². The first-order chi connectivity index (χ1) is 14.0. The molecule has 0 unspecified atom stereocenters. The minimum Gasteiger partial charge on any atom is -0.404 e. The molecule has 1 aliphatic carbocycles. The van der Waals surface area contributed by atoms with Gasteiger partial charge in [-0.05, 0) is 54.7 Å². The standard InChI is InChI=1S/C24H29N5/c1-5-16(2)23-19(13-25)9-10-21-24(23)22(29(4)27-21)12-17-7-6-8-18(11-17)20-14-26-28(3)15-20/h6-8,11,13-15H,5,9-10,12,25H2,1-4H3/b19-13-,23-16?. The lowest BCUT2D eigenvalue weighted by atomic mass is 9.82. The first-order valence-corrected chi connectivity index (χ1v) is 10.3. The van der Waals surface area contributed by atoms with E-state index in [0.29, 0.717) is 0 Å². The fourth-order valence-corrected chi connectivity index (χ4v) is 4.28. The molecular weight excluding hydrogens is 358 g/mol. The third-order valence-corrected chi connectivity index (χ3v) is 5.94. The highest BCUT2D eigenvalue weighted by Gasteiger charge is 2.27. The van der Waals surface area contributed by atoms with Crippen molar-refractivity contribution in [3.63, 3.8) is 0 Å². The topological polar surface area (TPSA) is 61.7 Å². The van der Waals surface area contributed by atoms with E-state index in [0.717, 1.165) is 31.2 Å². The maximum atomic E-state index is 6.01. The molecule has 150 valence electrons. The second kappa shape index (κ2) is 7.74. The number of nitrogens with zero attached hydrogens (tertiary/aromatic N) is 4. The van der Waals surface area contributed by atoms with Crippen LogP contribution in [0.2, 0.25) is 0 Å². The van der Waals surface area contributed by atoms with Crippen molar-refractivity contribution in [1.82, 2.24) is 19.6 Å². The van der Waals surface area contributed by atoms with Gasteiger partial charge in [0.25, 0.3) is 0 Å². The maximum Gasteiger partial charge on any atom is 0.0709 e. The van der Waals surface area contributed by atoms with Gasteiger partial charge in [-0.2, -0.15) is 10.2 Å². The van der Waals surface area contributed by atoms with E-state index >= 15 is 0 Å². The summed E-state index contributed by atoms with van der Waals surface area (Å²) in [6.45, 7) is 4.42. The van der Waals surface area contributed by atoms with Gasteiger partial charge in [0.2, 0.25) is 0 Å². The highest BCUT2D eigenvalue weighted by atomic mass is 15.3. The zero-order valence-corrected chi connectivity index (χ0v) is 17.7. The first-order valence-electron chi connectivity index (χ1n) is 10.3. The normalized spacial score (nSPS) is 16.9. The quantitative estimate of drug-likeness (QED) is 0.722. The molecule has 4 rings (SSSR count). The number of aromatic nitrogens is 4. The van der Waals surface area contributed by atoms with E-state index in [1.165, 1.54) is 44.8 Å². The predicted octanol–water partition coefficient (Wildman–Crippen LogP) is 4.38. The molecule has 2 aromatic heterocycles. The summed E-state index contributed by atoms with van der Waals surface area (Å²) in [7, 11) is 4.01. The van der Waals surface area contributed by atoms with E-state index < -0.39 is 0 Å². The summed E-state index contributed by atoms with van der Waals surface area (Å²) in [4.78, 5) is 0. The molecule has 5 heteroatoms. The second-order valence-electron chi connectivity index (χ2n) is 7.87. The lowest BCUT2D eigenvalue weighted by Gasteiger charge is -2.22. The Morgan fingerprint density at radius 3 is 2.72 bits per heavy atom. The van der Waals surface area contributed by atoms with Crippen molar-refractivity contribution in [3.05, 3.63) is 76.5 Å². The Hall–Kier alpha value is -3.08. The molecule has 0 fully saturated rings. The molecule has 0 bridgehead atoms. The molecule has 2 N–H and O–H groups in total. The van der Waals surface area contributed by atoms with Crippen LogP contribution in [0.3, 0.4) is 0 Å². The molecule has 0 saturated carbocycles. The molecule has 0 aliphatic heterocycles. The number of fused-ring (bicyclic) bond motifs is 1. The Kier molecular flexibility index (Phi) is 5.14. The molecule has 29 heavy (non-hydrogen) atoms. The number of benzene rings is 1. The maximum absolute atomic E-state index is 6.01. The van der Waals surface area contributed by atoms with Crippen molar-refractivity contribution in [3.8, 4) is 11.1 Å². The van der Waals surface area contributed by atoms with Gasteiger partial charge in [0.05, 0.1) is 17.6 Å². The predicted molar refractivity (Wildman–Crippen MR) is 118 cm³/mol. The van der Waals surface area contributed by atoms with Crippen molar-refractivity contribution in [2.45, 2.75) is 39.5 Å². The average Bonchev–Trinajstić information content (AvgIpc) is 3.30. The fourth-order valence-electron chi connectivity index (χ4n) is 4.28. The van der Waals surface area contributed by atoms with Crippen molar-refractivity contribution >= 4 is 5.57 Å². The Morgan fingerprint density at radius 1 is 1.21 bits per heavy atom. The van der Waals surface area contributed by atoms with Crippen LogP contribution in [0.25, 0.3) is 16.7 Å². The van der Waals surface area contributed by atoms with E-state index in [9.17, 15) is 0 Å². The van der Waals surface area contributed by atoms with Gasteiger partial charge >= 0.3 is 0 Å². The molecular formula is C24H29N5. The molecule has 0 spiro atoms. The monoisotopic (exact) mass is 387 g/mol. The Morgan fingerprint density at radius 2 is 2.03 bits per heavy atom. The smallest absolute Gasteiger partial charge is 0.0709 e. The molecule has 3 aromatic rings. The third kappa shape index (κ3) is 3.53. The molecule has 2 heterocycles. The lowest BCUT2D eigenvalue weighted by molar-refractivity contribution is 0.706. The van der Waals surface area contributed by atoms with Crippen molar-refractivity contribution in [1.29, 1.82) is 0 Å². The van der Waals surface area contributed by atoms with Gasteiger partial charge in [0.15, 0.2) is 0 Å². The van der Waals surface area contributed by atoms with Gasteiger partial charge in [-0.1, -0.05) is 36.8 Å². The summed E-state index contributed by atoms with van der Waals surface area (Å²) in [6, 6.07) is 8.72. The number of nitrogens with two attached hydrogens (primary N) is 1. The molecule has 1 aromatic carbocycles. The molecule has 0 atom stereocenters. The number of hydrogen-bond acceptors (Lipinski definition) is 3. The van der Waals surface area contributed by atoms with Crippen LogP contribution in [0.4, 0.5) is 0 Å². The van der Waals surface area contributed by atoms with Crippen molar-refractivity contribution in [2.75, 3.05) is 0 Å². The van der Waals surface area contributed by atoms with Crippen LogP contribution in [0, 0.1) is 0 Å². The summed E-state index contributed by atoms with van der Waals surface area (Å²) in [5, 5.41) is 9.17. The largest absolute Gasteiger partial charge is 0.404 e. The minimum atomic E-state index is 0.839. The van der Waals surface area contributed by atoms with Gasteiger partial charge < -0.3 is 5.73 Å². The molecule has 0 saturated heterocycles. The van der Waals surface area contributed by atoms with E-state index in [-0.39, 0.29) is 0 Å². The van der Waals surface area contributed by atoms with Crippen LogP contribution in [0.15, 0.2) is 54.0 Å². The number of rotatable bonds is 4. The zero-order chi connectivity index (χ0) is 20.5. The van der Waals surface area contributed by atoms with Crippen LogP contribution >= 0.6 is 0 Å². The summed E-state index contributed by atoms with van der Waals surface area (Å²) >= 11 is 0. The summed E-state index contributed by atoms with van der Waals surface area (Å²) in [5.74, 6) is 0. The Balaban J connectivity index is 1.78. The number of hydrogen-bond donors (Lipinski definition) is 1. The SMILES string of the molecule is CCC(C)=C1/C(=C\N)CCc2nn(C)c(Cc3cccc(-c4cnn(C)c4)c3)c21. The van der Waals surface area contributed by atoms with Crippen LogP contribution in [-0.2, 0) is 26.9 Å². The summed E-state index contributed by atoms with van der Waals surface area (Å²) in [6.07, 6.45) is 9.51. The van der Waals surface area contributed by atoms with Gasteiger partial charge in [-0.15, -0.1) is 0 Å². The minimum absolute atomic E-state index is 0.839. The molecule has 5 nitrogen and oxygen atoms in total. The zero-order valence-electron chi connectivity index (χ0n) is 17.7. The summed E-state index contributed by atoms with van der Waals surface area (Å²) < 4.78 is 3.90. The Bertz CT molecular complexity index is 1110. The van der Waals surface area contributed by atoms with Crippen molar-refractivity contribution < 1.29 is 0 Å². The van der Waals surface area contributed by atoms with E-state index in [1.54, 1.807) is 6.20 Å². The van der Waals surface area contributed by atoms with Crippen LogP contribution in [-0.4, -0.2) is 19.6 Å². The van der Waals surface area contributed by atoms with Gasteiger partial charge in [-0.3, -0.25) is 9.36 Å². The fraction of sp³-hybridized carbons (Fsp3) is 0.333. The van der Waals surface area contributed by atoms with E-state index in [2.05, 4.69) is 61.1 Å². The molecule has 0 radical (unpaired) electrons. The van der Waals surface area contributed by atoms with E-state index in [1.807, 2.05) is 17.9 Å². The lowest BCUT2D eigenvalue weighted by Crippen LogP contribution is -2.09. The van der Waals surface area contributed by atoms with E-state index in [4.69, 9.17) is 10.8 Å². The first kappa shape index (κ1) is 19.2. The molecule has 0 amide bonds. The highest BCUT2D eigenvalue weighted by Crippen LogP contribution is 2.40. The number of aryl methyl sites for hydroxylation is 3. The second-order valence-corrected chi connectivity index (χ2v) is 7.87. The average molecular weight is 388 g/mol. The van der Waals surface area contributed by atoms with Crippen LogP contribution in [0.5, 0.6) is 0 Å². The van der Waals surface area contributed by atoms with Gasteiger partial charge in [0, 0.05) is 37.8 Å². The Labute approximate surface area is 172 Å². The van der Waals surface area contributed by atoms with Crippen LogP contribution in [0.1, 0.15) is 49.2 Å². The summed E-state index contributed by atoms with van der Waals surface area (Å²) in [5.41, 5.74) is 17.3. The third-order valence-electron chi connectivity index (χ3n) is 5.94. The molecule has 1 aliphatic rings. The van der Waals surface area contributed by atoms with Gasteiger partial charge in [-0.25, -0.2) is 0 Å². The van der Waals surface area contributed by atoms with Crippen LogP contribution < -0.4 is 5.73 Å².